The van der Waals surface area contributed by atoms with E-state index in [1.54, 1.807) is 18.2 Å². The Labute approximate surface area is 134 Å². The molecule has 2 bridgehead atoms. The first kappa shape index (κ1) is 15.5. The number of benzene rings is 1. The first-order valence-corrected chi connectivity index (χ1v) is 8.02. The molecule has 0 radical (unpaired) electrons. The van der Waals surface area contributed by atoms with Crippen molar-refractivity contribution in [2.24, 2.45) is 5.92 Å². The van der Waals surface area contributed by atoms with Gasteiger partial charge >= 0.3 is 5.69 Å². The third-order valence-electron chi connectivity index (χ3n) is 4.40. The first-order chi connectivity index (χ1) is 11.1. The molecule has 1 aromatic rings. The molecule has 0 aromatic heterocycles. The standard InChI is InChI=1S/C17H20N2O4/c1-2-9-23-16-4-3-12(10-14(16)19(21)22)11-15-17(20)13-5-7-18(15)8-6-13/h3-4,10-11,13H,2,5-9H2,1H3/b15-11-. The number of ketones is 1. The molecule has 0 N–H and O–H groups in total. The number of Topliss-reactive ketones (excluding diaryl/α,β-unsaturated/α-hetero) is 1. The Kier molecular flexibility index (Phi) is 4.32. The van der Waals surface area contributed by atoms with Gasteiger partial charge in [-0.1, -0.05) is 13.0 Å². The number of carbonyl (C=O) groups is 1. The molecule has 23 heavy (non-hydrogen) atoms. The van der Waals surface area contributed by atoms with Crippen molar-refractivity contribution in [1.29, 1.82) is 0 Å². The van der Waals surface area contributed by atoms with Crippen LogP contribution in [0.1, 0.15) is 31.7 Å². The molecule has 3 aliphatic heterocycles. The van der Waals surface area contributed by atoms with Crippen molar-refractivity contribution in [3.05, 3.63) is 39.6 Å². The fourth-order valence-corrected chi connectivity index (χ4v) is 3.17. The monoisotopic (exact) mass is 316 g/mol. The second-order valence-electron chi connectivity index (χ2n) is 5.99. The van der Waals surface area contributed by atoms with E-state index in [2.05, 4.69) is 4.90 Å². The van der Waals surface area contributed by atoms with Crippen molar-refractivity contribution >= 4 is 17.5 Å². The zero-order valence-electron chi connectivity index (χ0n) is 13.2. The zero-order valence-corrected chi connectivity index (χ0v) is 13.2. The predicted molar refractivity (Wildman–Crippen MR) is 86.2 cm³/mol. The molecule has 0 spiro atoms. The van der Waals surface area contributed by atoms with Crippen LogP contribution in [-0.2, 0) is 4.79 Å². The summed E-state index contributed by atoms with van der Waals surface area (Å²) in [6, 6.07) is 4.86. The third-order valence-corrected chi connectivity index (χ3v) is 4.40. The van der Waals surface area contributed by atoms with Crippen molar-refractivity contribution in [2.45, 2.75) is 26.2 Å². The number of ether oxygens (including phenoxy) is 1. The molecule has 6 nitrogen and oxygen atoms in total. The average Bonchev–Trinajstić information content (AvgIpc) is 2.57. The lowest BCUT2D eigenvalue weighted by Gasteiger charge is -2.41. The molecule has 4 rings (SSSR count). The number of nitro benzene ring substituents is 1. The van der Waals surface area contributed by atoms with E-state index >= 15 is 0 Å². The average molecular weight is 316 g/mol. The van der Waals surface area contributed by atoms with Crippen LogP contribution in [0.5, 0.6) is 5.75 Å². The van der Waals surface area contributed by atoms with E-state index in [0.717, 1.165) is 32.4 Å². The summed E-state index contributed by atoms with van der Waals surface area (Å²) >= 11 is 0. The van der Waals surface area contributed by atoms with Crippen LogP contribution in [0.25, 0.3) is 6.08 Å². The molecule has 0 saturated carbocycles. The van der Waals surface area contributed by atoms with Crippen molar-refractivity contribution < 1.29 is 14.5 Å². The van der Waals surface area contributed by atoms with Crippen molar-refractivity contribution in [2.75, 3.05) is 19.7 Å². The second-order valence-corrected chi connectivity index (χ2v) is 5.99. The number of nitrogens with zero attached hydrogens (tertiary/aromatic N) is 2. The van der Waals surface area contributed by atoms with E-state index < -0.39 is 4.92 Å². The van der Waals surface area contributed by atoms with Crippen LogP contribution in [0.2, 0.25) is 0 Å². The topological polar surface area (TPSA) is 72.7 Å². The number of rotatable bonds is 5. The Bertz CT molecular complexity index is 661. The summed E-state index contributed by atoms with van der Waals surface area (Å²) in [5, 5.41) is 11.2. The Morgan fingerprint density at radius 3 is 2.74 bits per heavy atom. The van der Waals surface area contributed by atoms with Crippen LogP contribution in [0.15, 0.2) is 23.9 Å². The number of hydrogen-bond acceptors (Lipinski definition) is 5. The largest absolute Gasteiger partial charge is 0.487 e. The number of carbonyl (C=O) groups excluding carboxylic acids is 1. The maximum absolute atomic E-state index is 12.3. The molecule has 6 heteroatoms. The van der Waals surface area contributed by atoms with Crippen LogP contribution in [0.4, 0.5) is 5.69 Å². The fraction of sp³-hybridized carbons (Fsp3) is 0.471. The van der Waals surface area contributed by atoms with Gasteiger partial charge in [0.25, 0.3) is 0 Å². The zero-order chi connectivity index (χ0) is 16.4. The summed E-state index contributed by atoms with van der Waals surface area (Å²) in [6.45, 7) is 4.17. The van der Waals surface area contributed by atoms with E-state index in [-0.39, 0.29) is 23.1 Å². The summed E-state index contributed by atoms with van der Waals surface area (Å²) < 4.78 is 5.42. The Hall–Kier alpha value is -2.37. The lowest BCUT2D eigenvalue weighted by Crippen LogP contribution is -2.45. The molecule has 3 fully saturated rings. The smallest absolute Gasteiger partial charge is 0.311 e. The second kappa shape index (κ2) is 6.40. The molecule has 0 aliphatic carbocycles. The van der Waals surface area contributed by atoms with Gasteiger partial charge in [0.2, 0.25) is 0 Å². The minimum absolute atomic E-state index is 0.0591. The van der Waals surface area contributed by atoms with Crippen molar-refractivity contribution in [3.8, 4) is 5.75 Å². The van der Waals surface area contributed by atoms with Gasteiger partial charge in [-0.25, -0.2) is 0 Å². The van der Waals surface area contributed by atoms with E-state index in [0.29, 0.717) is 17.9 Å². The highest BCUT2D eigenvalue weighted by Gasteiger charge is 2.36. The van der Waals surface area contributed by atoms with Gasteiger partial charge in [0, 0.05) is 25.1 Å². The van der Waals surface area contributed by atoms with Crippen LogP contribution < -0.4 is 4.74 Å². The quantitative estimate of drug-likeness (QED) is 0.474. The van der Waals surface area contributed by atoms with E-state index in [1.807, 2.05) is 6.92 Å². The van der Waals surface area contributed by atoms with Gasteiger partial charge in [-0.3, -0.25) is 14.9 Å². The maximum atomic E-state index is 12.3. The molecule has 3 heterocycles. The molecular weight excluding hydrogens is 296 g/mol. The number of fused-ring (bicyclic) bond motifs is 3. The molecule has 1 aromatic carbocycles. The normalized spacial score (nSPS) is 19.4. The number of nitro groups is 1. The number of hydrogen-bond donors (Lipinski definition) is 0. The van der Waals surface area contributed by atoms with Gasteiger partial charge < -0.3 is 9.64 Å². The van der Waals surface area contributed by atoms with Crippen LogP contribution >= 0.6 is 0 Å². The number of piperidine rings is 3. The van der Waals surface area contributed by atoms with Crippen molar-refractivity contribution in [1.82, 2.24) is 4.90 Å². The molecule has 0 atom stereocenters. The van der Waals surface area contributed by atoms with E-state index in [1.165, 1.54) is 6.07 Å². The summed E-state index contributed by atoms with van der Waals surface area (Å²) in [7, 11) is 0. The lowest BCUT2D eigenvalue weighted by molar-refractivity contribution is -0.385. The van der Waals surface area contributed by atoms with Gasteiger partial charge in [-0.05, 0) is 37.0 Å². The summed E-state index contributed by atoms with van der Waals surface area (Å²) in [5.41, 5.74) is 1.29. The molecular formula is C17H20N2O4. The minimum atomic E-state index is -0.442. The van der Waals surface area contributed by atoms with Gasteiger partial charge in [0.1, 0.15) is 0 Å². The predicted octanol–water partition coefficient (Wildman–Crippen LogP) is 3.02. The molecule has 3 aliphatic rings. The Balaban J connectivity index is 1.91. The lowest BCUT2D eigenvalue weighted by atomic mass is 9.84. The Morgan fingerprint density at radius 1 is 1.39 bits per heavy atom. The van der Waals surface area contributed by atoms with Crippen LogP contribution in [0.3, 0.4) is 0 Å². The SMILES string of the molecule is CCCOc1ccc(/C=C2/C(=O)C3CCN2CC3)cc1[N+](=O)[O-]. The Morgan fingerprint density at radius 2 is 2.13 bits per heavy atom. The summed E-state index contributed by atoms with van der Waals surface area (Å²) in [5.74, 6) is 0.556. The van der Waals surface area contributed by atoms with Crippen molar-refractivity contribution in [3.63, 3.8) is 0 Å². The highest BCUT2D eigenvalue weighted by Crippen LogP contribution is 2.34. The van der Waals surface area contributed by atoms with Gasteiger partial charge in [-0.2, -0.15) is 0 Å². The third kappa shape index (κ3) is 3.06. The first-order valence-electron chi connectivity index (χ1n) is 8.02. The fourth-order valence-electron chi connectivity index (χ4n) is 3.17. The van der Waals surface area contributed by atoms with Gasteiger partial charge in [-0.15, -0.1) is 0 Å². The van der Waals surface area contributed by atoms with Crippen LogP contribution in [-0.4, -0.2) is 35.3 Å². The van der Waals surface area contributed by atoms with Gasteiger partial charge in [0.05, 0.1) is 17.2 Å². The molecule has 122 valence electrons. The molecule has 0 amide bonds. The van der Waals surface area contributed by atoms with Gasteiger partial charge in [0.15, 0.2) is 11.5 Å². The van der Waals surface area contributed by atoms with E-state index in [4.69, 9.17) is 4.74 Å². The summed E-state index contributed by atoms with van der Waals surface area (Å²) in [6.07, 6.45) is 4.39. The van der Waals surface area contributed by atoms with E-state index in [9.17, 15) is 14.9 Å². The summed E-state index contributed by atoms with van der Waals surface area (Å²) in [4.78, 5) is 25.2. The molecule has 3 saturated heterocycles. The highest BCUT2D eigenvalue weighted by molar-refractivity contribution is 6.02. The van der Waals surface area contributed by atoms with Crippen LogP contribution in [0, 0.1) is 16.0 Å². The maximum Gasteiger partial charge on any atom is 0.311 e. The number of allylic oxidation sites excluding steroid dienone is 1. The highest BCUT2D eigenvalue weighted by atomic mass is 16.6. The minimum Gasteiger partial charge on any atom is -0.487 e. The molecule has 0 unspecified atom stereocenters.